The number of carbonyl (C=O) groups is 1. The molecule has 0 fully saturated rings. The lowest BCUT2D eigenvalue weighted by atomic mass is 10.2. The van der Waals surface area contributed by atoms with E-state index in [1.807, 2.05) is 6.92 Å². The van der Waals surface area contributed by atoms with Crippen LogP contribution in [-0.2, 0) is 10.0 Å². The van der Waals surface area contributed by atoms with Crippen molar-refractivity contribution in [3.8, 4) is 0 Å². The lowest BCUT2D eigenvalue weighted by Crippen LogP contribution is -2.12. The summed E-state index contributed by atoms with van der Waals surface area (Å²) in [4.78, 5) is 15.4. The minimum absolute atomic E-state index is 0.120. The Hall–Kier alpha value is -2.18. The standard InChI is InChI=1S/C15H11ClN2O3S/c1-10-2-4-12(5-3-10)22(20,21)18-8-11(9-19)14-13(16)6-7-17-15(14)18/h2-9H,1H3. The first-order valence-electron chi connectivity index (χ1n) is 6.38. The molecule has 0 unspecified atom stereocenters. The third-order valence-corrected chi connectivity index (χ3v) is 5.32. The van der Waals surface area contributed by atoms with Crippen LogP contribution in [0.4, 0.5) is 0 Å². The fourth-order valence-electron chi connectivity index (χ4n) is 2.21. The summed E-state index contributed by atoms with van der Waals surface area (Å²) in [5, 5.41) is 0.611. The number of aldehydes is 1. The first kappa shape index (κ1) is 14.7. The zero-order chi connectivity index (χ0) is 15.9. The third-order valence-electron chi connectivity index (χ3n) is 3.34. The molecule has 0 bridgehead atoms. The van der Waals surface area contributed by atoms with Crippen LogP contribution in [0.2, 0.25) is 5.02 Å². The van der Waals surface area contributed by atoms with Crippen LogP contribution in [0.5, 0.6) is 0 Å². The second kappa shape index (κ2) is 5.23. The summed E-state index contributed by atoms with van der Waals surface area (Å²) in [6.07, 6.45) is 3.21. The van der Waals surface area contributed by atoms with Crippen molar-refractivity contribution in [3.05, 3.63) is 58.9 Å². The topological polar surface area (TPSA) is 69.0 Å². The maximum Gasteiger partial charge on any atom is 0.269 e. The van der Waals surface area contributed by atoms with Gasteiger partial charge in [0.15, 0.2) is 11.9 Å². The lowest BCUT2D eigenvalue weighted by Gasteiger charge is -2.07. The molecule has 0 aliphatic rings. The molecule has 0 aliphatic heterocycles. The normalized spacial score (nSPS) is 11.7. The number of aromatic nitrogens is 2. The van der Waals surface area contributed by atoms with Crippen LogP contribution < -0.4 is 0 Å². The molecule has 0 N–H and O–H groups in total. The minimum atomic E-state index is -3.85. The fraction of sp³-hybridized carbons (Fsp3) is 0.0667. The van der Waals surface area contributed by atoms with Gasteiger partial charge in [0.05, 0.1) is 9.92 Å². The second-order valence-electron chi connectivity index (χ2n) is 4.81. The number of carbonyl (C=O) groups excluding carboxylic acids is 1. The Kier molecular flexibility index (Phi) is 3.50. The molecule has 7 heteroatoms. The van der Waals surface area contributed by atoms with Gasteiger partial charge in [-0.05, 0) is 25.1 Å². The molecule has 0 aliphatic carbocycles. The Morgan fingerprint density at radius 2 is 1.86 bits per heavy atom. The molecular weight excluding hydrogens is 324 g/mol. The Balaban J connectivity index is 2.32. The molecule has 3 aromatic rings. The molecule has 0 amide bonds. The first-order chi connectivity index (χ1) is 10.4. The van der Waals surface area contributed by atoms with Gasteiger partial charge in [0.25, 0.3) is 10.0 Å². The van der Waals surface area contributed by atoms with E-state index in [2.05, 4.69) is 4.98 Å². The molecule has 0 saturated carbocycles. The molecule has 0 spiro atoms. The molecule has 1 aromatic carbocycles. The summed E-state index contributed by atoms with van der Waals surface area (Å²) in [6.45, 7) is 1.87. The number of hydrogen-bond acceptors (Lipinski definition) is 4. The van der Waals surface area contributed by atoms with Crippen LogP contribution in [0, 0.1) is 6.92 Å². The van der Waals surface area contributed by atoms with E-state index in [1.54, 1.807) is 12.1 Å². The van der Waals surface area contributed by atoms with Crippen LogP contribution in [0.3, 0.4) is 0 Å². The zero-order valence-corrected chi connectivity index (χ0v) is 13.1. The molecule has 0 saturated heterocycles. The highest BCUT2D eigenvalue weighted by atomic mass is 35.5. The molecule has 112 valence electrons. The average Bonchev–Trinajstić information content (AvgIpc) is 2.88. The second-order valence-corrected chi connectivity index (χ2v) is 7.03. The number of pyridine rings is 1. The van der Waals surface area contributed by atoms with E-state index in [0.29, 0.717) is 11.7 Å². The predicted octanol–water partition coefficient (Wildman–Crippen LogP) is 3.05. The smallest absolute Gasteiger partial charge is 0.269 e. The van der Waals surface area contributed by atoms with E-state index < -0.39 is 10.0 Å². The number of fused-ring (bicyclic) bond motifs is 1. The number of aryl methyl sites for hydroxylation is 1. The molecule has 0 radical (unpaired) electrons. The number of benzene rings is 1. The predicted molar refractivity (Wildman–Crippen MR) is 83.9 cm³/mol. The molecule has 0 atom stereocenters. The molecular formula is C15H11ClN2O3S. The van der Waals surface area contributed by atoms with E-state index in [1.165, 1.54) is 30.6 Å². The van der Waals surface area contributed by atoms with Gasteiger partial charge in [0.1, 0.15) is 0 Å². The van der Waals surface area contributed by atoms with Gasteiger partial charge in [-0.25, -0.2) is 17.4 Å². The van der Waals surface area contributed by atoms with Crippen molar-refractivity contribution >= 4 is 38.9 Å². The van der Waals surface area contributed by atoms with Crippen molar-refractivity contribution < 1.29 is 13.2 Å². The Bertz CT molecular complexity index is 976. The Morgan fingerprint density at radius 3 is 2.50 bits per heavy atom. The monoisotopic (exact) mass is 334 g/mol. The van der Waals surface area contributed by atoms with E-state index in [0.717, 1.165) is 9.54 Å². The average molecular weight is 335 g/mol. The first-order valence-corrected chi connectivity index (χ1v) is 8.20. The summed E-state index contributed by atoms with van der Waals surface area (Å²) >= 11 is 6.06. The Morgan fingerprint density at radius 1 is 1.18 bits per heavy atom. The van der Waals surface area contributed by atoms with Crippen molar-refractivity contribution in [3.63, 3.8) is 0 Å². The molecule has 3 rings (SSSR count). The van der Waals surface area contributed by atoms with Crippen molar-refractivity contribution in [1.29, 1.82) is 0 Å². The Labute approximate surface area is 132 Å². The largest absolute Gasteiger partial charge is 0.298 e. The van der Waals surface area contributed by atoms with E-state index in [9.17, 15) is 13.2 Å². The van der Waals surface area contributed by atoms with E-state index >= 15 is 0 Å². The number of hydrogen-bond donors (Lipinski definition) is 0. The minimum Gasteiger partial charge on any atom is -0.298 e. The highest BCUT2D eigenvalue weighted by Crippen LogP contribution is 2.29. The van der Waals surface area contributed by atoms with Crippen molar-refractivity contribution in [2.24, 2.45) is 0 Å². The maximum absolute atomic E-state index is 12.8. The number of rotatable bonds is 3. The quantitative estimate of drug-likeness (QED) is 0.690. The summed E-state index contributed by atoms with van der Waals surface area (Å²) in [6, 6.07) is 7.96. The summed E-state index contributed by atoms with van der Waals surface area (Å²) < 4.78 is 26.5. The van der Waals surface area contributed by atoms with Crippen LogP contribution in [-0.4, -0.2) is 23.7 Å². The summed E-state index contributed by atoms with van der Waals surface area (Å²) in [7, 11) is -3.85. The van der Waals surface area contributed by atoms with Gasteiger partial charge in [0.2, 0.25) is 0 Å². The maximum atomic E-state index is 12.8. The SMILES string of the molecule is Cc1ccc(S(=O)(=O)n2cc(C=O)c3c(Cl)ccnc32)cc1. The van der Waals surface area contributed by atoms with Gasteiger partial charge < -0.3 is 0 Å². The molecule has 2 aromatic heterocycles. The van der Waals surface area contributed by atoms with Crippen molar-refractivity contribution in [1.82, 2.24) is 8.96 Å². The van der Waals surface area contributed by atoms with Gasteiger partial charge in [-0.2, -0.15) is 0 Å². The van der Waals surface area contributed by atoms with Crippen molar-refractivity contribution in [2.75, 3.05) is 0 Å². The van der Waals surface area contributed by atoms with Crippen LogP contribution in [0.15, 0.2) is 47.6 Å². The zero-order valence-electron chi connectivity index (χ0n) is 11.5. The highest BCUT2D eigenvalue weighted by Gasteiger charge is 2.23. The fourth-order valence-corrected chi connectivity index (χ4v) is 3.79. The van der Waals surface area contributed by atoms with Crippen LogP contribution in [0.1, 0.15) is 15.9 Å². The van der Waals surface area contributed by atoms with Gasteiger partial charge >= 0.3 is 0 Å². The highest BCUT2D eigenvalue weighted by molar-refractivity contribution is 7.90. The van der Waals surface area contributed by atoms with E-state index in [-0.39, 0.29) is 21.1 Å². The number of nitrogens with zero attached hydrogens (tertiary/aromatic N) is 2. The summed E-state index contributed by atoms with van der Waals surface area (Å²) in [5.74, 6) is 0. The van der Waals surface area contributed by atoms with Gasteiger partial charge in [0, 0.05) is 23.3 Å². The van der Waals surface area contributed by atoms with Gasteiger partial charge in [-0.3, -0.25) is 4.79 Å². The molecule has 2 heterocycles. The van der Waals surface area contributed by atoms with Crippen LogP contribution in [0.25, 0.3) is 11.0 Å². The van der Waals surface area contributed by atoms with Crippen molar-refractivity contribution in [2.45, 2.75) is 11.8 Å². The molecule has 5 nitrogen and oxygen atoms in total. The van der Waals surface area contributed by atoms with Gasteiger partial charge in [-0.1, -0.05) is 29.3 Å². The third kappa shape index (κ3) is 2.20. The van der Waals surface area contributed by atoms with E-state index in [4.69, 9.17) is 11.6 Å². The van der Waals surface area contributed by atoms with Crippen LogP contribution >= 0.6 is 11.6 Å². The molecule has 22 heavy (non-hydrogen) atoms. The lowest BCUT2D eigenvalue weighted by molar-refractivity contribution is 0.112. The van der Waals surface area contributed by atoms with Gasteiger partial charge in [-0.15, -0.1) is 0 Å². The summed E-state index contributed by atoms with van der Waals surface area (Å²) in [5.41, 5.74) is 1.27. The number of halogens is 1.